The molecule has 6 unspecified atom stereocenters. The number of hydrogen-bond acceptors (Lipinski definition) is 24. The van der Waals surface area contributed by atoms with E-state index in [1.807, 2.05) is 119 Å². The molecule has 6 aliphatic rings. The summed E-state index contributed by atoms with van der Waals surface area (Å²) < 4.78 is 129. The van der Waals surface area contributed by atoms with E-state index < -0.39 is 91.6 Å². The number of piperazine rings is 3. The number of anilines is 5. The molecule has 9 aromatic heterocycles. The van der Waals surface area contributed by atoms with Crippen molar-refractivity contribution in [2.75, 3.05) is 90.9 Å². The molecule has 21 rings (SSSR count). The van der Waals surface area contributed by atoms with Crippen molar-refractivity contribution >= 4 is 112 Å². The van der Waals surface area contributed by atoms with E-state index in [2.05, 4.69) is 69.9 Å². The molecule has 3 amide bonds. The first-order chi connectivity index (χ1) is 70.0. The lowest BCUT2D eigenvalue weighted by molar-refractivity contribution is -0.129. The molecule has 15 heterocycles. The van der Waals surface area contributed by atoms with Crippen molar-refractivity contribution in [1.29, 1.82) is 0 Å². The molecular weight excluding hydrogens is 1900 g/mol. The summed E-state index contributed by atoms with van der Waals surface area (Å²) in [6.07, 6.45) is 8.10. The number of halogens is 6. The first-order valence-electron chi connectivity index (χ1n) is 48.9. The van der Waals surface area contributed by atoms with E-state index in [0.717, 1.165) is 0 Å². The number of fused-ring (bicyclic) bond motifs is 18. The number of para-hydroxylation sites is 1. The maximum absolute atomic E-state index is 17.8. The molecule has 0 aliphatic carbocycles. The summed E-state index contributed by atoms with van der Waals surface area (Å²) in [6, 6.07) is 13.0. The number of aromatic nitrogens is 12. The molecule has 762 valence electrons. The van der Waals surface area contributed by atoms with Gasteiger partial charge in [-0.3, -0.25) is 57.4 Å². The third-order valence-electron chi connectivity index (χ3n) is 28.9. The van der Waals surface area contributed by atoms with Gasteiger partial charge in [-0.2, -0.15) is 0 Å². The summed E-state index contributed by atoms with van der Waals surface area (Å²) in [4.78, 5) is 167. The van der Waals surface area contributed by atoms with Crippen molar-refractivity contribution in [3.05, 3.63) is 261 Å². The van der Waals surface area contributed by atoms with Crippen LogP contribution in [0.4, 0.5) is 54.8 Å². The fourth-order valence-corrected chi connectivity index (χ4v) is 22.1. The second-order valence-electron chi connectivity index (χ2n) is 40.4. The maximum atomic E-state index is 17.8. The Hall–Kier alpha value is -16.0. The predicted octanol–water partition coefficient (Wildman–Crippen LogP) is 16.9. The number of pyridine rings is 3. The van der Waals surface area contributed by atoms with Crippen molar-refractivity contribution in [2.24, 2.45) is 0 Å². The minimum Gasteiger partial charge on any atom is -0.484 e. The number of ether oxygens (including phenoxy) is 1. The van der Waals surface area contributed by atoms with Crippen LogP contribution in [-0.4, -0.2) is 193 Å². The number of nitrogens with zero attached hydrogens (tertiary/aromatic N) is 16. The van der Waals surface area contributed by atoms with E-state index in [9.17, 15) is 38.4 Å². The number of hydrogen-bond donors (Lipinski definition) is 4. The monoisotopic (exact) mass is 2010 g/mol. The summed E-state index contributed by atoms with van der Waals surface area (Å²) >= 11 is 0. The summed E-state index contributed by atoms with van der Waals surface area (Å²) in [5.41, 5.74) is 3.83. The standard InChI is InChI=1S/C37H39F2N7O4.C36H36F2N6O5.C35H35F2N7O4/c1-9-25(47)44-15-21-14-43(8)34-32(45(21)13-20(44)7)22-12-23(38)27(26-19(6)10-11-24-35(26)50-37(49)42-24)28(39)31(22)46(36(34)48)33-29(17(2)3)40-16-41-30(33)18(4)5;1-8-24(45)42-13-20-14-48-34-31(43(20)12-19(42)7)21-11-22(37)26(25-18(6)9-10-23-33(25)49-36(47)41-23)27(38)30(21)44(35(34)46)32-28(16(2)3)39-15-40-29(32)17(4)5;1-7-24(45)42-14-19-12-38-29-31(43(19)13-18(42)6)21-11-22(36)25(20-9-8-10-23-33(20)48-35(47)41-23)26(37)30(21)44(34(29)46)32-27(16(2)3)39-15-40-28(32)17(4)5/h9-12,16-18,20-21H,1,13-15H2,2-8H3,(H,42,49);8-11,15-17,19-20H,1,12-14H2,2-7H3,(H,41,47);7-11,15-19,38H,1,12-14H2,2-6H3,(H,41,47). The van der Waals surface area contributed by atoms with Gasteiger partial charge in [0.2, 0.25) is 23.5 Å². The van der Waals surface area contributed by atoms with Crippen molar-refractivity contribution in [3.8, 4) is 56.2 Å². The highest BCUT2D eigenvalue weighted by atomic mass is 19.2. The number of carbonyl (C=O) groups excluding carboxylic acids is 3. The van der Waals surface area contributed by atoms with Crippen LogP contribution >= 0.6 is 0 Å². The van der Waals surface area contributed by atoms with Gasteiger partial charge >= 0.3 is 17.3 Å². The van der Waals surface area contributed by atoms with E-state index in [1.165, 1.54) is 75.2 Å². The van der Waals surface area contributed by atoms with Gasteiger partial charge in [0.05, 0.1) is 136 Å². The van der Waals surface area contributed by atoms with Crippen LogP contribution < -0.4 is 63.6 Å². The van der Waals surface area contributed by atoms with E-state index >= 15 is 31.1 Å². The number of aromatic amines is 3. The van der Waals surface area contributed by atoms with E-state index in [0.29, 0.717) is 113 Å². The van der Waals surface area contributed by atoms with Crippen LogP contribution in [0, 0.1) is 48.8 Å². The molecule has 6 aromatic carbocycles. The summed E-state index contributed by atoms with van der Waals surface area (Å²) in [5, 5.41) is 3.69. The van der Waals surface area contributed by atoms with Crippen molar-refractivity contribution in [1.82, 2.24) is 73.3 Å². The molecule has 15 aromatic rings. The Labute approximate surface area is 836 Å². The molecule has 0 radical (unpaired) electrons. The number of aryl methyl sites for hydroxylation is 2. The molecule has 6 atom stereocenters. The largest absolute Gasteiger partial charge is 0.484 e. The van der Waals surface area contributed by atoms with Gasteiger partial charge < -0.3 is 57.6 Å². The smallest absolute Gasteiger partial charge is 0.417 e. The molecule has 0 spiro atoms. The first kappa shape index (κ1) is 99.7. The summed E-state index contributed by atoms with van der Waals surface area (Å²) in [6.45, 7) is 45.6. The van der Waals surface area contributed by atoms with Crippen molar-refractivity contribution in [3.63, 3.8) is 0 Å². The number of rotatable bonds is 15. The topological polar surface area (TPSA) is 376 Å². The fourth-order valence-electron chi connectivity index (χ4n) is 22.1. The molecule has 39 heteroatoms. The van der Waals surface area contributed by atoms with E-state index in [1.54, 1.807) is 76.9 Å². The summed E-state index contributed by atoms with van der Waals surface area (Å²) in [7, 11) is 1.78. The number of carbonyl (C=O) groups is 3. The van der Waals surface area contributed by atoms with Gasteiger partial charge in [0.25, 0.3) is 16.7 Å². The molecule has 0 bridgehead atoms. The Kier molecular flexibility index (Phi) is 25.7. The van der Waals surface area contributed by atoms with E-state index in [-0.39, 0.29) is 209 Å². The van der Waals surface area contributed by atoms with Crippen molar-refractivity contribution < 1.29 is 58.7 Å². The molecule has 3 fully saturated rings. The first-order valence-corrected chi connectivity index (χ1v) is 48.9. The Morgan fingerprint density at radius 3 is 1.18 bits per heavy atom. The molecule has 6 aliphatic heterocycles. The average molecular weight is 2010 g/mol. The number of amides is 3. The highest BCUT2D eigenvalue weighted by molar-refractivity contribution is 6.08. The third-order valence-corrected chi connectivity index (χ3v) is 28.9. The van der Waals surface area contributed by atoms with Crippen LogP contribution in [0.1, 0.15) is 185 Å². The molecule has 33 nitrogen and oxygen atoms in total. The highest BCUT2D eigenvalue weighted by Gasteiger charge is 2.48. The van der Waals surface area contributed by atoms with Crippen LogP contribution in [0.15, 0.2) is 160 Å². The van der Waals surface area contributed by atoms with Gasteiger partial charge in [0, 0.05) is 110 Å². The van der Waals surface area contributed by atoms with Crippen molar-refractivity contribution in [2.45, 2.75) is 189 Å². The minimum atomic E-state index is -1.03. The fraction of sp³-hybridized carbons (Fsp3) is 0.361. The summed E-state index contributed by atoms with van der Waals surface area (Å²) in [5.74, 6) is -9.93. The maximum Gasteiger partial charge on any atom is 0.417 e. The number of H-pyrrole nitrogens is 3. The number of benzene rings is 6. The number of likely N-dealkylation sites (N-methyl/N-ethyl adjacent to an activating group) is 1. The van der Waals surface area contributed by atoms with Crippen LogP contribution in [0.3, 0.4) is 0 Å². The molecule has 3 saturated heterocycles. The zero-order valence-corrected chi connectivity index (χ0v) is 84.4. The van der Waals surface area contributed by atoms with Crippen LogP contribution in [0.2, 0.25) is 0 Å². The third kappa shape index (κ3) is 16.3. The van der Waals surface area contributed by atoms with Gasteiger partial charge in [-0.25, -0.2) is 70.6 Å². The molecule has 4 N–H and O–H groups in total. The Morgan fingerprint density at radius 1 is 0.401 bits per heavy atom. The quantitative estimate of drug-likeness (QED) is 0.0547. The van der Waals surface area contributed by atoms with Gasteiger partial charge in [0.1, 0.15) is 54.4 Å². The SMILES string of the molecule is C=CC(=O)N1CC2CN(C)c3c(c4cc(F)c(-c5c(C)ccc6[nH]c(=O)oc56)c(F)c4n(-c4c(C(C)C)ncnc4C(C)C)c3=O)N2CC1C.C=CC(=O)N1CC2CNc3c(c4cc(F)c(-c5cccc6[nH]c(=O)oc56)c(F)c4n(-c4c(C(C)C)ncnc4C(C)C)c3=O)N2CC1C.C=CC(=O)N1CC2COc3c(c4cc(F)c(-c5c(C)ccc6[nH]c(=O)oc56)c(F)c4n(-c4c(C(C)C)ncnc4C(C)C)c3=O)N2CC1C. The van der Waals surface area contributed by atoms with Crippen LogP contribution in [0.5, 0.6) is 5.75 Å². The van der Waals surface area contributed by atoms with Gasteiger partial charge in [-0.15, -0.1) is 0 Å². The number of oxazole rings is 3. The van der Waals surface area contributed by atoms with Gasteiger partial charge in [0.15, 0.2) is 34.2 Å². The molecule has 147 heavy (non-hydrogen) atoms. The Balaban J connectivity index is 0.000000139. The second-order valence-corrected chi connectivity index (χ2v) is 40.4. The average Bonchev–Trinajstić information content (AvgIpc) is 1.41. The zero-order chi connectivity index (χ0) is 105. The van der Waals surface area contributed by atoms with Crippen LogP contribution in [-0.2, 0) is 14.4 Å². The molecular formula is C108H110F6N20O13. The lowest BCUT2D eigenvalue weighted by Gasteiger charge is -2.51. The molecule has 0 saturated carbocycles. The van der Waals surface area contributed by atoms with Crippen LogP contribution in [0.25, 0.3) is 116 Å². The highest BCUT2D eigenvalue weighted by Crippen LogP contribution is 2.52. The lowest BCUT2D eigenvalue weighted by atomic mass is 9.93. The number of nitrogens with one attached hydrogen (secondary N) is 4. The zero-order valence-electron chi connectivity index (χ0n) is 84.4. The second kappa shape index (κ2) is 37.9. The Morgan fingerprint density at radius 2 is 0.755 bits per heavy atom. The Bertz CT molecular complexity index is 8420. The predicted molar refractivity (Wildman–Crippen MR) is 551 cm³/mol. The normalized spacial score (nSPS) is 17.6. The van der Waals surface area contributed by atoms with Gasteiger partial charge in [-0.1, -0.05) is 127 Å². The van der Waals surface area contributed by atoms with Gasteiger partial charge in [-0.05, 0) is 136 Å². The lowest BCUT2D eigenvalue weighted by Crippen LogP contribution is -2.64. The minimum absolute atomic E-state index is 0.00409. The van der Waals surface area contributed by atoms with E-state index in [4.69, 9.17) is 18.0 Å².